The summed E-state index contributed by atoms with van der Waals surface area (Å²) in [6, 6.07) is 18.3. The van der Waals surface area contributed by atoms with Crippen LogP contribution in [0.1, 0.15) is 27.6 Å². The molecule has 2 amide bonds. The monoisotopic (exact) mass is 332 g/mol. The molecule has 124 valence electrons. The van der Waals surface area contributed by atoms with Gasteiger partial charge in [-0.25, -0.2) is 10.4 Å². The summed E-state index contributed by atoms with van der Waals surface area (Å²) in [6.45, 7) is 2.32. The molecule has 0 atom stereocenters. The Balaban J connectivity index is 1.88. The van der Waals surface area contributed by atoms with E-state index in [1.165, 1.54) is 0 Å². The first-order valence-corrected chi connectivity index (χ1v) is 8.11. The minimum Gasteiger partial charge on any atom is -0.457 e. The Hall–Kier alpha value is -3.18. The Bertz CT molecular complexity index is 961. The molecule has 0 unspecified atom stereocenters. The zero-order chi connectivity index (χ0) is 17.4. The van der Waals surface area contributed by atoms with E-state index in [-0.39, 0.29) is 11.8 Å². The van der Waals surface area contributed by atoms with Crippen molar-refractivity contribution in [2.75, 3.05) is 6.54 Å². The summed E-state index contributed by atoms with van der Waals surface area (Å²) in [4.78, 5) is 25.3. The number of carbonyl (C=O) groups is 2. The van der Waals surface area contributed by atoms with Crippen LogP contribution in [-0.4, -0.2) is 23.4 Å². The maximum Gasteiger partial charge on any atom is 0.275 e. The minimum atomic E-state index is -0.346. The van der Waals surface area contributed by atoms with Gasteiger partial charge in [0.15, 0.2) is 0 Å². The van der Waals surface area contributed by atoms with Crippen molar-refractivity contribution in [2.45, 2.75) is 6.92 Å². The smallest absolute Gasteiger partial charge is 0.275 e. The van der Waals surface area contributed by atoms with Gasteiger partial charge >= 0.3 is 0 Å². The molecule has 0 saturated carbocycles. The molecule has 0 aliphatic carbocycles. The van der Waals surface area contributed by atoms with E-state index in [0.29, 0.717) is 34.6 Å². The molecule has 0 saturated heterocycles. The van der Waals surface area contributed by atoms with Crippen molar-refractivity contribution in [3.05, 3.63) is 71.8 Å². The van der Waals surface area contributed by atoms with E-state index in [0.717, 1.165) is 10.4 Å². The van der Waals surface area contributed by atoms with Gasteiger partial charge < -0.3 is 4.74 Å². The number of benzene rings is 3. The molecule has 0 spiro atoms. The van der Waals surface area contributed by atoms with Crippen LogP contribution in [0.3, 0.4) is 0 Å². The van der Waals surface area contributed by atoms with Crippen molar-refractivity contribution in [2.24, 2.45) is 0 Å². The van der Waals surface area contributed by atoms with E-state index < -0.39 is 0 Å². The Morgan fingerprint density at radius 3 is 2.32 bits per heavy atom. The van der Waals surface area contributed by atoms with Gasteiger partial charge in [0.1, 0.15) is 11.5 Å². The third-order valence-corrected chi connectivity index (χ3v) is 4.15. The van der Waals surface area contributed by atoms with Crippen molar-refractivity contribution >= 4 is 22.6 Å². The number of ether oxygens (including phenoxy) is 1. The highest BCUT2D eigenvalue weighted by Gasteiger charge is 2.33. The van der Waals surface area contributed by atoms with Crippen molar-refractivity contribution in [1.82, 2.24) is 10.4 Å². The summed E-state index contributed by atoms with van der Waals surface area (Å²) in [7, 11) is 0. The predicted molar refractivity (Wildman–Crippen MR) is 94.6 cm³/mol. The van der Waals surface area contributed by atoms with Crippen LogP contribution < -0.4 is 10.2 Å². The first kappa shape index (κ1) is 15.4. The van der Waals surface area contributed by atoms with Crippen molar-refractivity contribution in [3.63, 3.8) is 0 Å². The zero-order valence-corrected chi connectivity index (χ0v) is 13.7. The minimum absolute atomic E-state index is 0.346. The van der Waals surface area contributed by atoms with Gasteiger partial charge in [-0.3, -0.25) is 9.59 Å². The number of amides is 2. The molecule has 25 heavy (non-hydrogen) atoms. The molecular weight excluding hydrogens is 316 g/mol. The fraction of sp³-hybridized carbons (Fsp3) is 0.100. The molecule has 3 aromatic rings. The molecule has 1 heterocycles. The molecular formula is C20H16N2O3. The normalized spacial score (nSPS) is 13.4. The van der Waals surface area contributed by atoms with E-state index in [4.69, 9.17) is 4.74 Å². The Labute approximate surface area is 144 Å². The second-order valence-corrected chi connectivity index (χ2v) is 5.71. The molecule has 5 nitrogen and oxygen atoms in total. The third-order valence-electron chi connectivity index (χ3n) is 4.15. The second kappa shape index (κ2) is 6.03. The van der Waals surface area contributed by atoms with Gasteiger partial charge in [-0.1, -0.05) is 37.3 Å². The van der Waals surface area contributed by atoms with Crippen LogP contribution in [0, 0.1) is 0 Å². The van der Waals surface area contributed by atoms with E-state index in [2.05, 4.69) is 5.43 Å². The molecule has 4 rings (SSSR count). The second-order valence-electron chi connectivity index (χ2n) is 5.71. The molecule has 1 N–H and O–H groups in total. The number of nitrogens with one attached hydrogen (secondary N) is 1. The average molecular weight is 332 g/mol. The highest BCUT2D eigenvalue weighted by atomic mass is 16.5. The van der Waals surface area contributed by atoms with Crippen molar-refractivity contribution < 1.29 is 14.3 Å². The van der Waals surface area contributed by atoms with Gasteiger partial charge in [0, 0.05) is 17.3 Å². The Kier molecular flexibility index (Phi) is 3.71. The lowest BCUT2D eigenvalue weighted by molar-refractivity contribution is 0.0525. The van der Waals surface area contributed by atoms with Gasteiger partial charge in [0.05, 0.1) is 11.1 Å². The first-order valence-electron chi connectivity index (χ1n) is 8.11. The van der Waals surface area contributed by atoms with Crippen LogP contribution in [0.25, 0.3) is 10.8 Å². The average Bonchev–Trinajstić information content (AvgIpc) is 2.65. The van der Waals surface area contributed by atoms with Gasteiger partial charge in [-0.15, -0.1) is 0 Å². The number of hydrogen-bond acceptors (Lipinski definition) is 4. The topological polar surface area (TPSA) is 58.6 Å². The number of rotatable bonds is 4. The van der Waals surface area contributed by atoms with E-state index in [9.17, 15) is 9.59 Å². The van der Waals surface area contributed by atoms with E-state index in [1.807, 2.05) is 43.3 Å². The van der Waals surface area contributed by atoms with Crippen LogP contribution in [0.4, 0.5) is 0 Å². The number of carbonyl (C=O) groups excluding carboxylic acids is 2. The van der Waals surface area contributed by atoms with Crippen LogP contribution in [0.2, 0.25) is 0 Å². The van der Waals surface area contributed by atoms with Crippen LogP contribution in [0.5, 0.6) is 11.5 Å². The number of para-hydroxylation sites is 1. The summed E-state index contributed by atoms with van der Waals surface area (Å²) in [5.41, 5.74) is 3.81. The van der Waals surface area contributed by atoms with Gasteiger partial charge in [-0.05, 0) is 30.3 Å². The number of hydrogen-bond donors (Lipinski definition) is 1. The standard InChI is InChI=1S/C20H16N2O3/c1-2-21-22-19(23)15-10-6-9-14-17(25-13-7-4-3-5-8-13)12-11-16(18(14)15)20(22)24/h3-12,21H,2H2,1H3. The summed E-state index contributed by atoms with van der Waals surface area (Å²) >= 11 is 0. The molecule has 1 aliphatic heterocycles. The van der Waals surface area contributed by atoms with E-state index in [1.54, 1.807) is 24.3 Å². The fourth-order valence-corrected chi connectivity index (χ4v) is 3.08. The molecule has 5 heteroatoms. The van der Waals surface area contributed by atoms with Gasteiger partial charge in [0.25, 0.3) is 11.8 Å². The largest absolute Gasteiger partial charge is 0.457 e. The molecule has 0 radical (unpaired) electrons. The summed E-state index contributed by atoms with van der Waals surface area (Å²) in [5, 5.41) is 2.46. The van der Waals surface area contributed by atoms with Crippen LogP contribution in [-0.2, 0) is 0 Å². The lowest BCUT2D eigenvalue weighted by Crippen LogP contribution is -2.49. The highest BCUT2D eigenvalue weighted by Crippen LogP contribution is 2.36. The lowest BCUT2D eigenvalue weighted by Gasteiger charge is -2.27. The molecule has 1 aliphatic rings. The zero-order valence-electron chi connectivity index (χ0n) is 13.7. The molecule has 3 aromatic carbocycles. The van der Waals surface area contributed by atoms with Crippen LogP contribution >= 0.6 is 0 Å². The molecule has 0 aromatic heterocycles. The summed E-state index contributed by atoms with van der Waals surface area (Å²) < 4.78 is 5.96. The molecule has 0 bridgehead atoms. The Morgan fingerprint density at radius 1 is 0.880 bits per heavy atom. The highest BCUT2D eigenvalue weighted by molar-refractivity contribution is 6.25. The number of hydrazine groups is 1. The first-order chi connectivity index (χ1) is 12.2. The quantitative estimate of drug-likeness (QED) is 0.739. The third kappa shape index (κ3) is 2.45. The van der Waals surface area contributed by atoms with Gasteiger partial charge in [-0.2, -0.15) is 0 Å². The summed E-state index contributed by atoms with van der Waals surface area (Å²) in [5.74, 6) is 0.624. The number of imide groups is 1. The maximum atomic E-state index is 12.7. The van der Waals surface area contributed by atoms with Crippen LogP contribution in [0.15, 0.2) is 60.7 Å². The number of nitrogens with zero attached hydrogens (tertiary/aromatic N) is 1. The summed E-state index contributed by atoms with van der Waals surface area (Å²) in [6.07, 6.45) is 0. The van der Waals surface area contributed by atoms with Gasteiger partial charge in [0.2, 0.25) is 0 Å². The van der Waals surface area contributed by atoms with Crippen molar-refractivity contribution in [1.29, 1.82) is 0 Å². The SMILES string of the molecule is CCNN1C(=O)c2cccc3c(Oc4ccccc4)ccc(c23)C1=O. The fourth-order valence-electron chi connectivity index (χ4n) is 3.08. The predicted octanol–water partition coefficient (Wildman–Crippen LogP) is 3.75. The van der Waals surface area contributed by atoms with E-state index >= 15 is 0 Å². The lowest BCUT2D eigenvalue weighted by atomic mass is 9.94. The maximum absolute atomic E-state index is 12.7. The van der Waals surface area contributed by atoms with Crippen molar-refractivity contribution in [3.8, 4) is 11.5 Å². The Morgan fingerprint density at radius 2 is 1.60 bits per heavy atom. The molecule has 0 fully saturated rings.